The van der Waals surface area contributed by atoms with Gasteiger partial charge in [-0.3, -0.25) is 19.8 Å². The van der Waals surface area contributed by atoms with Gasteiger partial charge in [0.2, 0.25) is 11.8 Å². The van der Waals surface area contributed by atoms with Crippen LogP contribution in [0.5, 0.6) is 0 Å². The van der Waals surface area contributed by atoms with Gasteiger partial charge in [0.05, 0.1) is 5.54 Å². The second-order valence-electron chi connectivity index (χ2n) is 12.1. The first-order chi connectivity index (χ1) is 25.0. The van der Waals surface area contributed by atoms with Crippen molar-refractivity contribution in [3.63, 3.8) is 0 Å². The molecular weight excluding hydrogens is 675 g/mol. The van der Waals surface area contributed by atoms with Crippen molar-refractivity contribution in [2.24, 2.45) is 5.73 Å². The first-order valence-electron chi connectivity index (χ1n) is 16.5. The molecule has 2 amide bonds. The number of carbonyl (C=O) groups excluding carboxylic acids is 3. The number of amides is 2. The van der Waals surface area contributed by atoms with Crippen molar-refractivity contribution < 1.29 is 19.1 Å². The summed E-state index contributed by atoms with van der Waals surface area (Å²) in [6.07, 6.45) is 0.532. The van der Waals surface area contributed by atoms with E-state index in [1.165, 1.54) is 17.8 Å². The van der Waals surface area contributed by atoms with Gasteiger partial charge in [0.25, 0.3) is 0 Å². The van der Waals surface area contributed by atoms with Gasteiger partial charge in [-0.2, -0.15) is 0 Å². The van der Waals surface area contributed by atoms with E-state index >= 15 is 0 Å². The van der Waals surface area contributed by atoms with Crippen molar-refractivity contribution in [1.82, 2.24) is 10.2 Å². The molecule has 0 aromatic heterocycles. The lowest BCUT2D eigenvalue weighted by atomic mass is 9.76. The van der Waals surface area contributed by atoms with Crippen LogP contribution >= 0.6 is 23.5 Å². The Morgan fingerprint density at radius 1 is 0.765 bits per heavy atom. The Balaban J connectivity index is 1.27. The van der Waals surface area contributed by atoms with E-state index in [0.29, 0.717) is 10.7 Å². The van der Waals surface area contributed by atoms with Crippen LogP contribution in [0.2, 0.25) is 0 Å². The van der Waals surface area contributed by atoms with E-state index in [0.717, 1.165) is 27.8 Å². The van der Waals surface area contributed by atoms with E-state index in [4.69, 9.17) is 10.5 Å². The Labute approximate surface area is 305 Å². The summed E-state index contributed by atoms with van der Waals surface area (Å²) in [7, 11) is 0. The summed E-state index contributed by atoms with van der Waals surface area (Å²) >= 11 is 2.75. The number of nitrogens with two attached hydrogens (primary N) is 1. The summed E-state index contributed by atoms with van der Waals surface area (Å²) in [5.74, 6) is -1.06. The summed E-state index contributed by atoms with van der Waals surface area (Å²) in [6.45, 7) is 0. The molecule has 5 aromatic rings. The Hall–Kier alpha value is -5.35. The van der Waals surface area contributed by atoms with Crippen LogP contribution in [-0.4, -0.2) is 39.9 Å². The maximum absolute atomic E-state index is 14.5. The highest BCUT2D eigenvalue weighted by Gasteiger charge is 2.57. The topological polar surface area (TPSA) is 102 Å². The number of hydrogen-bond donors (Lipinski definition) is 2. The largest absolute Gasteiger partial charge is 0.448 e. The molecule has 0 bridgehead atoms. The third kappa shape index (κ3) is 6.88. The molecule has 254 valence electrons. The zero-order chi connectivity index (χ0) is 35.2. The summed E-state index contributed by atoms with van der Waals surface area (Å²) in [6, 6.07) is 48.7. The van der Waals surface area contributed by atoms with Crippen molar-refractivity contribution in [3.8, 4) is 0 Å². The smallest absolute Gasteiger partial charge is 0.356 e. The zero-order valence-electron chi connectivity index (χ0n) is 27.5. The molecule has 2 aliphatic heterocycles. The highest BCUT2D eigenvalue weighted by Crippen LogP contribution is 2.47. The van der Waals surface area contributed by atoms with E-state index in [-0.39, 0.29) is 11.6 Å². The van der Waals surface area contributed by atoms with Crippen LogP contribution in [0.3, 0.4) is 0 Å². The number of nitrogens with one attached hydrogen (secondary N) is 1. The molecule has 0 radical (unpaired) electrons. The average Bonchev–Trinajstić information content (AvgIpc) is 3.18. The van der Waals surface area contributed by atoms with Gasteiger partial charge in [0.1, 0.15) is 17.1 Å². The molecule has 0 saturated carbocycles. The van der Waals surface area contributed by atoms with Crippen molar-refractivity contribution >= 4 is 41.3 Å². The monoisotopic (exact) mass is 709 g/mol. The molecule has 5 aromatic carbocycles. The molecule has 0 aliphatic carbocycles. The number of esters is 1. The van der Waals surface area contributed by atoms with Crippen molar-refractivity contribution in [1.29, 1.82) is 0 Å². The molecule has 0 unspecified atom stereocenters. The van der Waals surface area contributed by atoms with Gasteiger partial charge in [-0.1, -0.05) is 163 Å². The van der Waals surface area contributed by atoms with E-state index in [1.807, 2.05) is 115 Å². The molecule has 2 heterocycles. The highest BCUT2D eigenvalue weighted by atomic mass is 32.2. The van der Waals surface area contributed by atoms with Crippen LogP contribution < -0.4 is 11.1 Å². The van der Waals surface area contributed by atoms with E-state index in [2.05, 4.69) is 41.7 Å². The lowest BCUT2D eigenvalue weighted by molar-refractivity contribution is -0.154. The van der Waals surface area contributed by atoms with Crippen LogP contribution in [0.15, 0.2) is 174 Å². The molecule has 1 saturated heterocycles. The predicted molar refractivity (Wildman–Crippen MR) is 203 cm³/mol. The lowest BCUT2D eigenvalue weighted by Gasteiger charge is -2.53. The number of nitrogens with zero attached hydrogens (tertiary/aromatic N) is 1. The minimum Gasteiger partial charge on any atom is -0.448 e. The van der Waals surface area contributed by atoms with E-state index in [9.17, 15) is 14.4 Å². The summed E-state index contributed by atoms with van der Waals surface area (Å²) in [5.41, 5.74) is 9.20. The predicted octanol–water partition coefficient (Wildman–Crippen LogP) is 7.13. The van der Waals surface area contributed by atoms with Gasteiger partial charge >= 0.3 is 5.97 Å². The van der Waals surface area contributed by atoms with Crippen LogP contribution in [0, 0.1) is 0 Å². The van der Waals surface area contributed by atoms with Gasteiger partial charge in [-0.05, 0) is 33.2 Å². The van der Waals surface area contributed by atoms with Crippen LogP contribution in [-0.2, 0) is 24.7 Å². The molecular formula is C42H35N3O4S2. The van der Waals surface area contributed by atoms with Gasteiger partial charge in [-0.15, -0.1) is 11.8 Å². The molecule has 2 atom stereocenters. The summed E-state index contributed by atoms with van der Waals surface area (Å²) in [4.78, 5) is 42.7. The van der Waals surface area contributed by atoms with Crippen LogP contribution in [0.4, 0.5) is 0 Å². The highest BCUT2D eigenvalue weighted by molar-refractivity contribution is 8.08. The summed E-state index contributed by atoms with van der Waals surface area (Å²) in [5, 5.41) is 4.96. The molecule has 0 spiro atoms. The Morgan fingerprint density at radius 3 is 1.67 bits per heavy atom. The first kappa shape index (κ1) is 34.1. The lowest BCUT2D eigenvalue weighted by Crippen LogP contribution is -2.72. The van der Waals surface area contributed by atoms with E-state index < -0.39 is 34.9 Å². The fraction of sp³-hybridized carbons (Fsp3) is 0.119. The summed E-state index contributed by atoms with van der Waals surface area (Å²) < 4.78 is 6.32. The average molecular weight is 710 g/mol. The van der Waals surface area contributed by atoms with Crippen molar-refractivity contribution in [2.75, 3.05) is 5.75 Å². The number of hydrogen-bond acceptors (Lipinski definition) is 7. The molecule has 3 N–H and O–H groups in total. The fourth-order valence-corrected chi connectivity index (χ4v) is 8.98. The normalized spacial score (nSPS) is 17.3. The van der Waals surface area contributed by atoms with Gasteiger partial charge in [-0.25, -0.2) is 4.79 Å². The fourth-order valence-electron chi connectivity index (χ4n) is 6.65. The van der Waals surface area contributed by atoms with E-state index in [1.54, 1.807) is 22.1 Å². The standard InChI is InChI=1S/C42H35N3O4S2/c43-35(46)26-27-50-34-28-51-40-36(44-42(31-20-10-3-11-21-31,32-22-12-4-13-23-32)33-24-14-5-15-25-33)39(47)45(40)37(34)41(48)49-38(29-16-6-1-7-17-29)30-18-8-2-9-19-30/h1-27,36,38,40,44H,28H2,(H2,43,46)/b27-26-/t36-,40+/m1/s1. The van der Waals surface area contributed by atoms with Gasteiger partial charge in [0, 0.05) is 16.7 Å². The third-order valence-corrected chi connectivity index (χ3v) is 11.3. The SMILES string of the molecule is NC(=O)/C=C\SC1=C(C(=O)OC(c2ccccc2)c2ccccc2)N2C(=O)[C@@H](NC(c3ccccc3)(c3ccccc3)c3ccccc3)[C@@H]2SC1. The minimum absolute atomic E-state index is 0.169. The quantitative estimate of drug-likeness (QED) is 0.0616. The van der Waals surface area contributed by atoms with Gasteiger partial charge in [0.15, 0.2) is 6.10 Å². The molecule has 9 heteroatoms. The van der Waals surface area contributed by atoms with Crippen molar-refractivity contribution in [2.45, 2.75) is 23.1 Å². The molecule has 2 aliphatic rings. The number of primary amides is 1. The number of benzene rings is 5. The second kappa shape index (κ2) is 15.3. The number of thioether (sulfide) groups is 2. The third-order valence-electron chi connectivity index (χ3n) is 8.99. The Morgan fingerprint density at radius 2 is 1.22 bits per heavy atom. The number of β-lactam (4-membered cyclic amide) rings is 1. The zero-order valence-corrected chi connectivity index (χ0v) is 29.1. The molecule has 7 nitrogen and oxygen atoms in total. The van der Waals surface area contributed by atoms with Gasteiger partial charge < -0.3 is 10.5 Å². The van der Waals surface area contributed by atoms with Crippen molar-refractivity contribution in [3.05, 3.63) is 202 Å². The number of fused-ring (bicyclic) bond motifs is 1. The molecule has 7 rings (SSSR count). The minimum atomic E-state index is -0.883. The second-order valence-corrected chi connectivity index (χ2v) is 14.2. The molecule has 1 fully saturated rings. The van der Waals surface area contributed by atoms with Crippen LogP contribution in [0.1, 0.15) is 33.9 Å². The Kier molecular flexibility index (Phi) is 10.2. The molecule has 51 heavy (non-hydrogen) atoms. The Bertz CT molecular complexity index is 1920. The maximum Gasteiger partial charge on any atom is 0.356 e. The number of rotatable bonds is 12. The number of carbonyl (C=O) groups is 3. The first-order valence-corrected chi connectivity index (χ1v) is 18.5. The van der Waals surface area contributed by atoms with Crippen LogP contribution in [0.25, 0.3) is 0 Å². The maximum atomic E-state index is 14.5. The number of ether oxygens (including phenoxy) is 1.